The minimum atomic E-state index is -0.846. The van der Waals surface area contributed by atoms with E-state index in [0.717, 1.165) is 22.3 Å². The van der Waals surface area contributed by atoms with Gasteiger partial charge in [0.05, 0.1) is 0 Å². The van der Waals surface area contributed by atoms with E-state index >= 15 is 0 Å². The van der Waals surface area contributed by atoms with Gasteiger partial charge in [0.2, 0.25) is 11.8 Å². The van der Waals surface area contributed by atoms with Crippen LogP contribution in [-0.4, -0.2) is 41.0 Å². The lowest BCUT2D eigenvalue weighted by molar-refractivity contribution is -0.142. The molecule has 2 aromatic carbocycles. The Bertz CT molecular complexity index is 1010. The second-order valence-corrected chi connectivity index (χ2v) is 9.88. The molecule has 2 atom stereocenters. The Morgan fingerprint density at radius 1 is 1.00 bits per heavy atom. The molecule has 0 aliphatic carbocycles. The monoisotopic (exact) mass is 481 g/mol. The van der Waals surface area contributed by atoms with E-state index < -0.39 is 17.7 Å². The molecule has 7 heteroatoms. The zero-order valence-electron chi connectivity index (χ0n) is 22.0. The van der Waals surface area contributed by atoms with Gasteiger partial charge in [-0.25, -0.2) is 4.79 Å². The molecule has 0 heterocycles. The lowest BCUT2D eigenvalue weighted by atomic mass is 9.95. The van der Waals surface area contributed by atoms with Crippen LogP contribution in [0, 0.1) is 13.8 Å². The quantitative estimate of drug-likeness (QED) is 0.538. The average Bonchev–Trinajstić information content (AvgIpc) is 2.80. The summed E-state index contributed by atoms with van der Waals surface area (Å²) in [5.41, 5.74) is 2.96. The van der Waals surface area contributed by atoms with Crippen LogP contribution in [0.15, 0.2) is 48.5 Å². The van der Waals surface area contributed by atoms with Crippen LogP contribution in [0.5, 0.6) is 0 Å². The van der Waals surface area contributed by atoms with Crippen LogP contribution >= 0.6 is 0 Å². The molecule has 0 bridgehead atoms. The molecule has 0 aliphatic heterocycles. The number of benzene rings is 2. The first-order chi connectivity index (χ1) is 16.4. The number of nitrogens with one attached hydrogen (secondary N) is 2. The second-order valence-electron chi connectivity index (χ2n) is 9.88. The summed E-state index contributed by atoms with van der Waals surface area (Å²) < 4.78 is 5.27. The van der Waals surface area contributed by atoms with Crippen LogP contribution in [0.1, 0.15) is 69.3 Å². The number of carbonyl (C=O) groups excluding carboxylic acids is 3. The second kappa shape index (κ2) is 12.4. The van der Waals surface area contributed by atoms with Crippen molar-refractivity contribution in [1.29, 1.82) is 0 Å². The van der Waals surface area contributed by atoms with Gasteiger partial charge < -0.3 is 20.3 Å². The first kappa shape index (κ1) is 27.9. The van der Waals surface area contributed by atoms with E-state index in [9.17, 15) is 14.4 Å². The van der Waals surface area contributed by atoms with Gasteiger partial charge in [0.1, 0.15) is 18.2 Å². The molecule has 190 valence electrons. The maximum absolute atomic E-state index is 13.7. The number of alkyl carbamates (subject to hydrolysis) is 1. The first-order valence-electron chi connectivity index (χ1n) is 12.1. The smallest absolute Gasteiger partial charge is 0.408 e. The first-order valence-corrected chi connectivity index (χ1v) is 12.1. The maximum atomic E-state index is 13.7. The molecular formula is C28H39N3O4. The molecule has 2 unspecified atom stereocenters. The summed E-state index contributed by atoms with van der Waals surface area (Å²) in [4.78, 5) is 40.9. The molecule has 0 radical (unpaired) electrons. The molecule has 35 heavy (non-hydrogen) atoms. The van der Waals surface area contributed by atoms with Crippen LogP contribution in [0.4, 0.5) is 4.79 Å². The molecule has 2 rings (SSSR count). The number of hydrogen-bond acceptors (Lipinski definition) is 4. The Labute approximate surface area is 209 Å². The lowest BCUT2D eigenvalue weighted by Gasteiger charge is -2.36. The molecule has 2 N–H and O–H groups in total. The van der Waals surface area contributed by atoms with E-state index in [1.165, 1.54) is 0 Å². The Hall–Kier alpha value is -3.35. The fraction of sp³-hybridized carbons (Fsp3) is 0.464. The maximum Gasteiger partial charge on any atom is 0.408 e. The average molecular weight is 482 g/mol. The minimum Gasteiger partial charge on any atom is -0.444 e. The van der Waals surface area contributed by atoms with Gasteiger partial charge in [0.25, 0.3) is 0 Å². The summed E-state index contributed by atoms with van der Waals surface area (Å²) in [5.74, 6) is -0.626. The van der Waals surface area contributed by atoms with E-state index in [-0.39, 0.29) is 24.4 Å². The molecule has 2 aromatic rings. The van der Waals surface area contributed by atoms with Crippen molar-refractivity contribution in [3.63, 3.8) is 0 Å². The highest BCUT2D eigenvalue weighted by atomic mass is 16.6. The SMILES string of the molecule is CCC(C)N(C(=O)CNC(=O)OC(C)(C)C)C(C(=O)NCc1ccccc1)c1cc(C)ccc1C. The van der Waals surface area contributed by atoms with Crippen LogP contribution in [0.3, 0.4) is 0 Å². The van der Waals surface area contributed by atoms with E-state index in [1.54, 1.807) is 25.7 Å². The van der Waals surface area contributed by atoms with Crippen molar-refractivity contribution in [2.45, 2.75) is 79.1 Å². The summed E-state index contributed by atoms with van der Waals surface area (Å²) in [6.07, 6.45) is -0.0299. The molecule has 7 nitrogen and oxygen atoms in total. The van der Waals surface area contributed by atoms with Crippen molar-refractivity contribution >= 4 is 17.9 Å². The van der Waals surface area contributed by atoms with E-state index in [4.69, 9.17) is 4.74 Å². The van der Waals surface area contributed by atoms with Crippen LogP contribution in [-0.2, 0) is 20.9 Å². The number of carbonyl (C=O) groups is 3. The summed E-state index contributed by atoms with van der Waals surface area (Å²) >= 11 is 0. The van der Waals surface area contributed by atoms with Crippen LogP contribution in [0.25, 0.3) is 0 Å². The highest BCUT2D eigenvalue weighted by molar-refractivity contribution is 5.91. The van der Waals surface area contributed by atoms with Gasteiger partial charge in [-0.2, -0.15) is 0 Å². The zero-order valence-corrected chi connectivity index (χ0v) is 22.0. The topological polar surface area (TPSA) is 87.7 Å². The third-order valence-electron chi connectivity index (χ3n) is 5.70. The number of amides is 3. The Balaban J connectivity index is 2.37. The van der Waals surface area contributed by atoms with Crippen LogP contribution < -0.4 is 10.6 Å². The Morgan fingerprint density at radius 2 is 1.66 bits per heavy atom. The Morgan fingerprint density at radius 3 is 2.26 bits per heavy atom. The zero-order chi connectivity index (χ0) is 26.2. The van der Waals surface area contributed by atoms with Crippen molar-refractivity contribution in [3.05, 3.63) is 70.8 Å². The summed E-state index contributed by atoms with van der Waals surface area (Å²) in [5, 5.41) is 5.55. The summed E-state index contributed by atoms with van der Waals surface area (Å²) in [6.45, 7) is 13.1. The fourth-order valence-electron chi connectivity index (χ4n) is 3.75. The molecule has 3 amide bonds. The third kappa shape index (κ3) is 8.42. The van der Waals surface area contributed by atoms with Crippen molar-refractivity contribution < 1.29 is 19.1 Å². The normalized spacial score (nSPS) is 12.9. The van der Waals surface area contributed by atoms with E-state index in [0.29, 0.717) is 13.0 Å². The predicted octanol–water partition coefficient (Wildman–Crippen LogP) is 4.81. The highest BCUT2D eigenvalue weighted by Crippen LogP contribution is 2.28. The van der Waals surface area contributed by atoms with E-state index in [2.05, 4.69) is 10.6 Å². The van der Waals surface area contributed by atoms with E-state index in [1.807, 2.05) is 76.2 Å². The molecular weight excluding hydrogens is 442 g/mol. The van der Waals surface area contributed by atoms with Crippen molar-refractivity contribution in [3.8, 4) is 0 Å². The number of nitrogens with zero attached hydrogens (tertiary/aromatic N) is 1. The number of hydrogen-bond donors (Lipinski definition) is 2. The number of rotatable bonds is 9. The van der Waals surface area contributed by atoms with Gasteiger partial charge >= 0.3 is 6.09 Å². The third-order valence-corrected chi connectivity index (χ3v) is 5.70. The molecule has 0 aliphatic rings. The van der Waals surface area contributed by atoms with Crippen molar-refractivity contribution in [2.75, 3.05) is 6.54 Å². The summed E-state index contributed by atoms with van der Waals surface area (Å²) in [6, 6.07) is 14.4. The van der Waals surface area contributed by atoms with Gasteiger partial charge in [-0.05, 0) is 64.7 Å². The number of aryl methyl sites for hydroxylation is 2. The molecule has 0 saturated heterocycles. The van der Waals surface area contributed by atoms with Crippen molar-refractivity contribution in [2.24, 2.45) is 0 Å². The fourth-order valence-corrected chi connectivity index (χ4v) is 3.75. The van der Waals surface area contributed by atoms with Gasteiger partial charge in [-0.1, -0.05) is 61.0 Å². The number of ether oxygens (including phenoxy) is 1. The van der Waals surface area contributed by atoms with Gasteiger partial charge in [0.15, 0.2) is 0 Å². The van der Waals surface area contributed by atoms with Gasteiger partial charge in [-0.3, -0.25) is 9.59 Å². The highest BCUT2D eigenvalue weighted by Gasteiger charge is 2.35. The predicted molar refractivity (Wildman–Crippen MR) is 138 cm³/mol. The molecule has 0 fully saturated rings. The lowest BCUT2D eigenvalue weighted by Crippen LogP contribution is -2.51. The molecule has 0 aromatic heterocycles. The van der Waals surface area contributed by atoms with Gasteiger partial charge in [0, 0.05) is 12.6 Å². The standard InChI is InChI=1S/C28H39N3O4/c1-8-21(4)31(24(32)18-30-27(34)35-28(5,6)7)25(23-16-19(2)14-15-20(23)3)26(33)29-17-22-12-10-9-11-13-22/h9-16,21,25H,8,17-18H2,1-7H3,(H,29,33)(H,30,34). The Kier molecular flexibility index (Phi) is 9.87. The summed E-state index contributed by atoms with van der Waals surface area (Å²) in [7, 11) is 0. The molecule has 0 spiro atoms. The van der Waals surface area contributed by atoms with Crippen LogP contribution in [0.2, 0.25) is 0 Å². The van der Waals surface area contributed by atoms with Crippen molar-refractivity contribution in [1.82, 2.24) is 15.5 Å². The largest absolute Gasteiger partial charge is 0.444 e. The van der Waals surface area contributed by atoms with Gasteiger partial charge in [-0.15, -0.1) is 0 Å². The minimum absolute atomic E-state index is 0.240. The molecule has 0 saturated carbocycles.